The number of aliphatic hydroxyl groups is 1. The average Bonchev–Trinajstić information content (AvgIpc) is 2.63. The molecule has 0 aliphatic carbocycles. The first kappa shape index (κ1) is 25.6. The van der Waals surface area contributed by atoms with Crippen molar-refractivity contribution in [3.05, 3.63) is 24.3 Å². The van der Waals surface area contributed by atoms with Gasteiger partial charge in [0.05, 0.1) is 6.10 Å². The van der Waals surface area contributed by atoms with Gasteiger partial charge in [-0.05, 0) is 38.5 Å². The van der Waals surface area contributed by atoms with E-state index < -0.39 is 12.1 Å². The number of ether oxygens (including phenoxy) is 1. The molecule has 0 rings (SSSR count). The first-order valence-electron chi connectivity index (χ1n) is 10.7. The molecule has 0 bridgehead atoms. The van der Waals surface area contributed by atoms with Crippen LogP contribution in [0.2, 0.25) is 0 Å². The van der Waals surface area contributed by atoms with Crippen LogP contribution in [0.5, 0.6) is 0 Å². The van der Waals surface area contributed by atoms with Gasteiger partial charge in [-0.15, -0.1) is 0 Å². The molecule has 0 unspecified atom stereocenters. The smallest absolute Gasteiger partial charge is 0.302 e. The Balaban J connectivity index is 3.40. The number of esters is 1. The Morgan fingerprint density at radius 1 is 0.889 bits per heavy atom. The van der Waals surface area contributed by atoms with Crippen LogP contribution in [-0.2, 0) is 14.3 Å². The molecule has 0 aromatic heterocycles. The fraction of sp³-hybridized carbons (Fsp3) is 0.739. The molecule has 0 saturated heterocycles. The van der Waals surface area contributed by atoms with E-state index in [0.29, 0.717) is 6.42 Å². The van der Waals surface area contributed by atoms with Gasteiger partial charge in [-0.25, -0.2) is 0 Å². The van der Waals surface area contributed by atoms with Crippen molar-refractivity contribution in [3.63, 3.8) is 0 Å². The van der Waals surface area contributed by atoms with Crippen molar-refractivity contribution in [2.75, 3.05) is 6.61 Å². The Bertz CT molecular complexity index is 426. The van der Waals surface area contributed by atoms with Crippen molar-refractivity contribution in [3.8, 4) is 0 Å². The lowest BCUT2D eigenvalue weighted by Gasteiger charge is -2.09. The molecular formula is C23H40O4. The average molecular weight is 381 g/mol. The standard InChI is InChI=1S/C23H40O4/c1-3-4-5-6-7-8-9-10-11-12-13-14-15-16-17-18-22(25)19-23(26)20-27-21(2)24/h7-8,10-11,23,26H,3-6,9,12-20H2,1-2H3/t23-/m1/s1. The molecule has 1 N–H and O–H groups in total. The molecule has 0 aliphatic rings. The monoisotopic (exact) mass is 380 g/mol. The third-order valence-electron chi connectivity index (χ3n) is 4.35. The number of hydrogen-bond donors (Lipinski definition) is 1. The van der Waals surface area contributed by atoms with E-state index in [4.69, 9.17) is 0 Å². The van der Waals surface area contributed by atoms with Gasteiger partial charge < -0.3 is 9.84 Å². The van der Waals surface area contributed by atoms with Crippen LogP contribution in [0.3, 0.4) is 0 Å². The number of rotatable bonds is 18. The summed E-state index contributed by atoms with van der Waals surface area (Å²) in [7, 11) is 0. The number of hydrogen-bond acceptors (Lipinski definition) is 4. The van der Waals surface area contributed by atoms with E-state index in [9.17, 15) is 14.7 Å². The molecule has 0 saturated carbocycles. The summed E-state index contributed by atoms with van der Waals surface area (Å²) >= 11 is 0. The summed E-state index contributed by atoms with van der Waals surface area (Å²) < 4.78 is 4.69. The molecule has 0 aromatic carbocycles. The second kappa shape index (κ2) is 19.3. The van der Waals surface area contributed by atoms with Crippen LogP contribution in [0.25, 0.3) is 0 Å². The van der Waals surface area contributed by atoms with Crippen molar-refractivity contribution in [1.29, 1.82) is 0 Å². The van der Waals surface area contributed by atoms with Gasteiger partial charge in [0.25, 0.3) is 0 Å². The summed E-state index contributed by atoms with van der Waals surface area (Å²) in [6.45, 7) is 3.42. The van der Waals surface area contributed by atoms with Gasteiger partial charge in [0.2, 0.25) is 0 Å². The third kappa shape index (κ3) is 20.7. The summed E-state index contributed by atoms with van der Waals surface area (Å²) in [5.41, 5.74) is 0. The van der Waals surface area contributed by atoms with E-state index in [-0.39, 0.29) is 18.8 Å². The summed E-state index contributed by atoms with van der Waals surface area (Å²) in [4.78, 5) is 22.4. The number of carbonyl (C=O) groups excluding carboxylic acids is 2. The number of carbonyl (C=O) groups is 2. The van der Waals surface area contributed by atoms with Crippen molar-refractivity contribution in [2.45, 2.75) is 103 Å². The molecule has 0 radical (unpaired) electrons. The fourth-order valence-electron chi connectivity index (χ4n) is 2.77. The van der Waals surface area contributed by atoms with Gasteiger partial charge in [-0.1, -0.05) is 63.3 Å². The highest BCUT2D eigenvalue weighted by atomic mass is 16.5. The van der Waals surface area contributed by atoms with Gasteiger partial charge in [0, 0.05) is 19.8 Å². The lowest BCUT2D eigenvalue weighted by Crippen LogP contribution is -2.20. The maximum Gasteiger partial charge on any atom is 0.302 e. The van der Waals surface area contributed by atoms with E-state index in [2.05, 4.69) is 36.0 Å². The number of aliphatic hydroxyl groups excluding tert-OH is 1. The van der Waals surface area contributed by atoms with E-state index in [0.717, 1.165) is 32.1 Å². The van der Waals surface area contributed by atoms with Crippen LogP contribution in [0.15, 0.2) is 24.3 Å². The zero-order valence-corrected chi connectivity index (χ0v) is 17.5. The van der Waals surface area contributed by atoms with Crippen LogP contribution in [0, 0.1) is 0 Å². The molecule has 4 nitrogen and oxygen atoms in total. The van der Waals surface area contributed by atoms with E-state index in [1.807, 2.05) is 0 Å². The molecule has 156 valence electrons. The Labute approximate surface area is 166 Å². The van der Waals surface area contributed by atoms with Gasteiger partial charge in [-0.2, -0.15) is 0 Å². The molecule has 0 heterocycles. The predicted octanol–water partition coefficient (Wildman–Crippen LogP) is 5.68. The first-order chi connectivity index (χ1) is 13.1. The lowest BCUT2D eigenvalue weighted by molar-refractivity contribution is -0.145. The van der Waals surface area contributed by atoms with Crippen molar-refractivity contribution >= 4 is 11.8 Å². The number of allylic oxidation sites excluding steroid dienone is 4. The van der Waals surface area contributed by atoms with Crippen LogP contribution < -0.4 is 0 Å². The summed E-state index contributed by atoms with van der Waals surface area (Å²) in [6, 6.07) is 0. The van der Waals surface area contributed by atoms with Crippen molar-refractivity contribution in [2.24, 2.45) is 0 Å². The Hall–Kier alpha value is -1.42. The number of ketones is 1. The predicted molar refractivity (Wildman–Crippen MR) is 112 cm³/mol. The normalized spacial score (nSPS) is 12.7. The molecule has 1 atom stereocenters. The zero-order valence-electron chi connectivity index (χ0n) is 17.5. The minimum absolute atomic E-state index is 0.0420. The second-order valence-corrected chi connectivity index (χ2v) is 7.18. The number of Topliss-reactive ketones (excluding diaryl/α,β-unsaturated/α-hetero) is 1. The summed E-state index contributed by atoms with van der Waals surface area (Å²) in [5.74, 6) is -0.393. The van der Waals surface area contributed by atoms with Crippen LogP contribution in [-0.4, -0.2) is 29.6 Å². The largest absolute Gasteiger partial charge is 0.463 e. The molecule has 0 aliphatic heterocycles. The van der Waals surface area contributed by atoms with E-state index in [1.54, 1.807) is 0 Å². The van der Waals surface area contributed by atoms with Gasteiger partial charge in [-0.3, -0.25) is 9.59 Å². The maximum atomic E-state index is 11.7. The quantitative estimate of drug-likeness (QED) is 0.189. The first-order valence-corrected chi connectivity index (χ1v) is 10.7. The van der Waals surface area contributed by atoms with Crippen molar-refractivity contribution < 1.29 is 19.4 Å². The summed E-state index contributed by atoms with van der Waals surface area (Å²) in [5, 5.41) is 9.59. The Morgan fingerprint density at radius 2 is 1.48 bits per heavy atom. The minimum Gasteiger partial charge on any atom is -0.463 e. The van der Waals surface area contributed by atoms with Crippen molar-refractivity contribution in [1.82, 2.24) is 0 Å². The highest BCUT2D eigenvalue weighted by molar-refractivity contribution is 5.78. The zero-order chi connectivity index (χ0) is 20.2. The third-order valence-corrected chi connectivity index (χ3v) is 4.35. The molecule has 0 aromatic rings. The second-order valence-electron chi connectivity index (χ2n) is 7.18. The van der Waals surface area contributed by atoms with E-state index in [1.165, 1.54) is 45.4 Å². The number of unbranched alkanes of at least 4 members (excludes halogenated alkanes) is 8. The molecule has 27 heavy (non-hydrogen) atoms. The van der Waals surface area contributed by atoms with Gasteiger partial charge in [0.15, 0.2) is 0 Å². The Morgan fingerprint density at radius 3 is 2.11 bits per heavy atom. The molecule has 0 spiro atoms. The fourth-order valence-corrected chi connectivity index (χ4v) is 2.77. The van der Waals surface area contributed by atoms with Gasteiger partial charge >= 0.3 is 5.97 Å². The highest BCUT2D eigenvalue weighted by Gasteiger charge is 2.11. The Kier molecular flexibility index (Phi) is 18.3. The molecular weight excluding hydrogens is 340 g/mol. The molecule has 4 heteroatoms. The SMILES string of the molecule is CCCCCC=CCC=CCCCCCCCC(=O)C[C@@H](O)COC(C)=O. The highest BCUT2D eigenvalue weighted by Crippen LogP contribution is 2.10. The lowest BCUT2D eigenvalue weighted by atomic mass is 10.0. The van der Waals surface area contributed by atoms with E-state index >= 15 is 0 Å². The van der Waals surface area contributed by atoms with Crippen LogP contribution in [0.4, 0.5) is 0 Å². The molecule has 0 amide bonds. The molecule has 0 fully saturated rings. The minimum atomic E-state index is -0.876. The topological polar surface area (TPSA) is 63.6 Å². The maximum absolute atomic E-state index is 11.7. The summed E-state index contributed by atoms with van der Waals surface area (Å²) in [6.07, 6.45) is 21.5. The van der Waals surface area contributed by atoms with Crippen LogP contribution >= 0.6 is 0 Å². The van der Waals surface area contributed by atoms with Crippen LogP contribution in [0.1, 0.15) is 97.3 Å². The van der Waals surface area contributed by atoms with Gasteiger partial charge in [0.1, 0.15) is 12.4 Å².